The molecule has 0 radical (unpaired) electrons. The number of anilines is 3. The summed E-state index contributed by atoms with van der Waals surface area (Å²) in [5, 5.41) is 12.8. The van der Waals surface area contributed by atoms with Gasteiger partial charge >= 0.3 is 11.9 Å². The lowest BCUT2D eigenvalue weighted by Crippen LogP contribution is -2.47. The van der Waals surface area contributed by atoms with Gasteiger partial charge in [-0.2, -0.15) is 0 Å². The maximum absolute atomic E-state index is 12.1. The van der Waals surface area contributed by atoms with Gasteiger partial charge in [0.05, 0.1) is 11.3 Å². The molecule has 4 rings (SSSR count). The van der Waals surface area contributed by atoms with E-state index in [0.717, 1.165) is 43.3 Å². The summed E-state index contributed by atoms with van der Waals surface area (Å²) in [6.45, 7) is 7.72. The highest BCUT2D eigenvalue weighted by Crippen LogP contribution is 2.26. The Morgan fingerprint density at radius 1 is 1.09 bits per heavy atom. The number of esters is 1. The van der Waals surface area contributed by atoms with E-state index in [1.54, 1.807) is 19.1 Å². The summed E-state index contributed by atoms with van der Waals surface area (Å²) in [4.78, 5) is 41.3. The number of ether oxygens (including phenoxy) is 1. The Bertz CT molecular complexity index is 1160. The number of aromatic nitrogens is 3. The molecule has 1 aromatic carbocycles. The molecule has 1 fully saturated rings. The molecule has 34 heavy (non-hydrogen) atoms. The molecular formula is C23H26N6O4S. The lowest BCUT2D eigenvalue weighted by Gasteiger charge is -2.35. The van der Waals surface area contributed by atoms with Gasteiger partial charge in [-0.15, -0.1) is 0 Å². The summed E-state index contributed by atoms with van der Waals surface area (Å²) in [6.07, 6.45) is 0. The van der Waals surface area contributed by atoms with Crippen LogP contribution in [0, 0.1) is 13.8 Å². The second kappa shape index (κ2) is 10.6. The topological polar surface area (TPSA) is 121 Å². The first-order valence-corrected chi connectivity index (χ1v) is 11.7. The van der Waals surface area contributed by atoms with Crippen molar-refractivity contribution in [3.8, 4) is 0 Å². The molecule has 178 valence electrons. The number of carboxylic acid groups (broad SMARTS) is 1. The summed E-state index contributed by atoms with van der Waals surface area (Å²) in [5.74, 6) is 0.694. The Labute approximate surface area is 201 Å². The highest BCUT2D eigenvalue weighted by atomic mass is 32.1. The van der Waals surface area contributed by atoms with Crippen molar-refractivity contribution in [2.45, 2.75) is 13.8 Å². The van der Waals surface area contributed by atoms with Crippen LogP contribution in [0.15, 0.2) is 36.4 Å². The minimum Gasteiger partial charge on any atom is -0.477 e. The maximum atomic E-state index is 12.1. The molecule has 3 aromatic rings. The van der Waals surface area contributed by atoms with Crippen molar-refractivity contribution >= 4 is 40.0 Å². The molecule has 0 aliphatic carbocycles. The molecule has 3 heterocycles. The van der Waals surface area contributed by atoms with E-state index in [1.807, 2.05) is 31.2 Å². The summed E-state index contributed by atoms with van der Waals surface area (Å²) in [5.41, 5.74) is 1.03. The van der Waals surface area contributed by atoms with Crippen molar-refractivity contribution in [2.75, 3.05) is 49.5 Å². The van der Waals surface area contributed by atoms with Crippen molar-refractivity contribution in [3.05, 3.63) is 58.4 Å². The third kappa shape index (κ3) is 5.86. The third-order valence-corrected chi connectivity index (χ3v) is 6.46. The zero-order valence-electron chi connectivity index (χ0n) is 19.0. The van der Waals surface area contributed by atoms with Gasteiger partial charge in [0.15, 0.2) is 5.13 Å². The Kier molecular flexibility index (Phi) is 7.33. The molecule has 0 atom stereocenters. The third-order valence-electron chi connectivity index (χ3n) is 5.40. The molecule has 2 aromatic heterocycles. The van der Waals surface area contributed by atoms with Crippen LogP contribution in [0.2, 0.25) is 0 Å². The number of rotatable bonds is 8. The first-order chi connectivity index (χ1) is 16.4. The van der Waals surface area contributed by atoms with Crippen molar-refractivity contribution in [2.24, 2.45) is 0 Å². The second-order valence-electron chi connectivity index (χ2n) is 7.85. The van der Waals surface area contributed by atoms with Gasteiger partial charge in [-0.1, -0.05) is 29.5 Å². The Balaban J connectivity index is 1.30. The van der Waals surface area contributed by atoms with E-state index in [2.05, 4.69) is 30.1 Å². The first-order valence-electron chi connectivity index (χ1n) is 10.9. The summed E-state index contributed by atoms with van der Waals surface area (Å²) in [7, 11) is 0. The van der Waals surface area contributed by atoms with E-state index in [0.29, 0.717) is 41.2 Å². The van der Waals surface area contributed by atoms with E-state index in [1.165, 1.54) is 0 Å². The minimum atomic E-state index is -0.990. The number of carbonyl (C=O) groups excluding carboxylic acids is 1. The smallest absolute Gasteiger partial charge is 0.347 e. The fraction of sp³-hybridized carbons (Fsp3) is 0.348. The van der Waals surface area contributed by atoms with Crippen LogP contribution in [-0.2, 0) is 4.74 Å². The molecule has 0 amide bonds. The number of carbonyl (C=O) groups is 2. The molecule has 10 nitrogen and oxygen atoms in total. The number of benzene rings is 1. The maximum Gasteiger partial charge on any atom is 0.347 e. The summed E-state index contributed by atoms with van der Waals surface area (Å²) >= 11 is 1.08. The zero-order chi connectivity index (χ0) is 24.1. The number of thiazole rings is 1. The van der Waals surface area contributed by atoms with Crippen molar-refractivity contribution in [1.82, 2.24) is 19.9 Å². The van der Waals surface area contributed by atoms with E-state index in [-0.39, 0.29) is 10.8 Å². The van der Waals surface area contributed by atoms with Gasteiger partial charge in [-0.05, 0) is 26.0 Å². The zero-order valence-corrected chi connectivity index (χ0v) is 19.8. The molecule has 0 bridgehead atoms. The monoisotopic (exact) mass is 482 g/mol. The molecule has 2 N–H and O–H groups in total. The molecule has 1 saturated heterocycles. The van der Waals surface area contributed by atoms with E-state index in [4.69, 9.17) is 4.74 Å². The van der Waals surface area contributed by atoms with Crippen LogP contribution in [0.5, 0.6) is 0 Å². The van der Waals surface area contributed by atoms with Crippen LogP contribution < -0.4 is 10.2 Å². The molecule has 11 heteroatoms. The van der Waals surface area contributed by atoms with Crippen LogP contribution in [0.1, 0.15) is 31.5 Å². The van der Waals surface area contributed by atoms with Crippen molar-refractivity contribution in [3.63, 3.8) is 0 Å². The highest BCUT2D eigenvalue weighted by Gasteiger charge is 2.20. The van der Waals surface area contributed by atoms with Gasteiger partial charge in [0, 0.05) is 38.8 Å². The number of aromatic carboxylic acids is 1. The van der Waals surface area contributed by atoms with Crippen molar-refractivity contribution in [1.29, 1.82) is 0 Å². The van der Waals surface area contributed by atoms with Crippen molar-refractivity contribution < 1.29 is 19.4 Å². The van der Waals surface area contributed by atoms with Crippen LogP contribution >= 0.6 is 11.3 Å². The molecule has 0 unspecified atom stereocenters. The quantitative estimate of drug-likeness (QED) is 0.464. The number of carboxylic acids is 1. The van der Waals surface area contributed by atoms with Crippen LogP contribution in [-0.4, -0.2) is 76.2 Å². The van der Waals surface area contributed by atoms with Gasteiger partial charge < -0.3 is 20.1 Å². The Morgan fingerprint density at radius 3 is 2.50 bits per heavy atom. The average molecular weight is 483 g/mol. The average Bonchev–Trinajstić information content (AvgIpc) is 3.19. The van der Waals surface area contributed by atoms with Gasteiger partial charge in [-0.3, -0.25) is 4.90 Å². The fourth-order valence-corrected chi connectivity index (χ4v) is 4.47. The van der Waals surface area contributed by atoms with Gasteiger partial charge in [0.25, 0.3) is 0 Å². The number of nitrogens with zero attached hydrogens (tertiary/aromatic N) is 5. The summed E-state index contributed by atoms with van der Waals surface area (Å²) < 4.78 is 5.39. The van der Waals surface area contributed by atoms with Crippen LogP contribution in [0.25, 0.3) is 0 Å². The number of hydrogen-bond acceptors (Lipinski definition) is 10. The number of piperazine rings is 1. The normalized spacial score (nSPS) is 14.1. The largest absolute Gasteiger partial charge is 0.477 e. The number of hydrogen-bond donors (Lipinski definition) is 2. The Morgan fingerprint density at radius 2 is 1.82 bits per heavy atom. The second-order valence-corrected chi connectivity index (χ2v) is 8.85. The van der Waals surface area contributed by atoms with Crippen LogP contribution in [0.4, 0.5) is 16.8 Å². The number of nitrogens with one attached hydrogen (secondary N) is 1. The van der Waals surface area contributed by atoms with Gasteiger partial charge in [-0.25, -0.2) is 24.5 Å². The van der Waals surface area contributed by atoms with Gasteiger partial charge in [0.2, 0.25) is 0 Å². The highest BCUT2D eigenvalue weighted by molar-refractivity contribution is 7.17. The predicted octanol–water partition coefficient (Wildman–Crippen LogP) is 2.97. The van der Waals surface area contributed by atoms with E-state index < -0.39 is 5.97 Å². The van der Waals surface area contributed by atoms with E-state index >= 15 is 0 Å². The standard InChI is InChI=1S/C23H26N6O4S/c1-15-20(21(30)31)34-23(24-15)27-18-14-19(26-16(2)25-18)29-10-8-28(9-11-29)12-13-33-22(32)17-6-4-3-5-7-17/h3-7,14H,8-13H2,1-2H3,(H,30,31)(H,24,25,26,27). The predicted molar refractivity (Wildman–Crippen MR) is 129 cm³/mol. The molecular weight excluding hydrogens is 456 g/mol. The molecule has 0 saturated carbocycles. The lowest BCUT2D eigenvalue weighted by molar-refractivity contribution is 0.0458. The molecule has 1 aliphatic rings. The molecule has 0 spiro atoms. The van der Waals surface area contributed by atoms with E-state index in [9.17, 15) is 14.7 Å². The summed E-state index contributed by atoms with van der Waals surface area (Å²) in [6, 6.07) is 10.8. The fourth-order valence-electron chi connectivity index (χ4n) is 3.66. The SMILES string of the molecule is Cc1nc(Nc2nc(C)c(C(=O)O)s2)cc(N2CCN(CCOC(=O)c3ccccc3)CC2)n1. The van der Waals surface area contributed by atoms with Gasteiger partial charge in [0.1, 0.15) is 28.9 Å². The first kappa shape index (κ1) is 23.6. The van der Waals surface area contributed by atoms with Crippen LogP contribution in [0.3, 0.4) is 0 Å². The minimum absolute atomic E-state index is 0.207. The lowest BCUT2D eigenvalue weighted by atomic mass is 10.2. The molecule has 1 aliphatic heterocycles. The Hall–Kier alpha value is -3.57. The number of aryl methyl sites for hydroxylation is 2.